The second kappa shape index (κ2) is 3.60. The van der Waals surface area contributed by atoms with Crippen LogP contribution in [0.1, 0.15) is 6.92 Å². The summed E-state index contributed by atoms with van der Waals surface area (Å²) in [6, 6.07) is 0. The number of hydrogen-bond donors (Lipinski definition) is 0. The van der Waals surface area contributed by atoms with E-state index in [1.54, 1.807) is 0 Å². The Bertz CT molecular complexity index is 205. The van der Waals surface area contributed by atoms with Gasteiger partial charge >= 0.3 is 6.18 Å². The van der Waals surface area contributed by atoms with Gasteiger partial charge in [0.1, 0.15) is 0 Å². The highest BCUT2D eigenvalue weighted by molar-refractivity contribution is 5.87. The van der Waals surface area contributed by atoms with Crippen LogP contribution in [-0.2, 0) is 4.79 Å². The topological polar surface area (TPSA) is 20.3 Å². The SMILES string of the molecule is C/C(=C\C(=O)N(C)C)C(F)(F)F. The first-order chi connectivity index (χ1) is 5.25. The fourth-order valence-corrected chi connectivity index (χ4v) is 0.396. The van der Waals surface area contributed by atoms with Crippen LogP contribution < -0.4 is 0 Å². The van der Waals surface area contributed by atoms with Crippen LogP contribution in [0.4, 0.5) is 13.2 Å². The first-order valence-electron chi connectivity index (χ1n) is 3.22. The molecule has 0 fully saturated rings. The largest absolute Gasteiger partial charge is 0.412 e. The lowest BCUT2D eigenvalue weighted by Gasteiger charge is -2.09. The minimum Gasteiger partial charge on any atom is -0.345 e. The molecular formula is C7H10F3NO. The van der Waals surface area contributed by atoms with Crippen LogP contribution >= 0.6 is 0 Å². The van der Waals surface area contributed by atoms with E-state index < -0.39 is 17.7 Å². The molecule has 2 nitrogen and oxygen atoms in total. The molecule has 0 saturated carbocycles. The molecule has 0 atom stereocenters. The summed E-state index contributed by atoms with van der Waals surface area (Å²) in [5.74, 6) is -0.662. The molecule has 0 aromatic heterocycles. The first-order valence-corrected chi connectivity index (χ1v) is 3.22. The standard InChI is InChI=1S/C7H10F3NO/c1-5(7(8,9)10)4-6(12)11(2)3/h4H,1-3H3/b5-4+. The van der Waals surface area contributed by atoms with Crippen molar-refractivity contribution in [2.45, 2.75) is 13.1 Å². The highest BCUT2D eigenvalue weighted by Gasteiger charge is 2.30. The summed E-state index contributed by atoms with van der Waals surface area (Å²) in [7, 11) is 2.78. The van der Waals surface area contributed by atoms with E-state index in [-0.39, 0.29) is 0 Å². The summed E-state index contributed by atoms with van der Waals surface area (Å²) in [5.41, 5.74) is -0.888. The fourth-order valence-electron chi connectivity index (χ4n) is 0.396. The van der Waals surface area contributed by atoms with E-state index in [0.29, 0.717) is 6.08 Å². The van der Waals surface area contributed by atoms with Crippen molar-refractivity contribution in [2.75, 3.05) is 14.1 Å². The van der Waals surface area contributed by atoms with Crippen LogP contribution in [0, 0.1) is 0 Å². The predicted octanol–water partition coefficient (Wildman–Crippen LogP) is 1.58. The van der Waals surface area contributed by atoms with E-state index in [4.69, 9.17) is 0 Å². The van der Waals surface area contributed by atoms with Crippen LogP contribution in [0.2, 0.25) is 0 Å². The van der Waals surface area contributed by atoms with Crippen LogP contribution in [0.25, 0.3) is 0 Å². The molecule has 0 rings (SSSR count). The van der Waals surface area contributed by atoms with Gasteiger partial charge in [-0.15, -0.1) is 0 Å². The van der Waals surface area contributed by atoms with E-state index in [9.17, 15) is 18.0 Å². The number of rotatable bonds is 1. The van der Waals surface area contributed by atoms with Gasteiger partial charge in [0, 0.05) is 25.7 Å². The Labute approximate surface area is 68.7 Å². The van der Waals surface area contributed by atoms with Crippen molar-refractivity contribution in [3.8, 4) is 0 Å². The van der Waals surface area contributed by atoms with Gasteiger partial charge in [0.25, 0.3) is 0 Å². The van der Waals surface area contributed by atoms with E-state index >= 15 is 0 Å². The summed E-state index contributed by atoms with van der Waals surface area (Å²) in [5, 5.41) is 0. The molecule has 0 N–H and O–H groups in total. The fraction of sp³-hybridized carbons (Fsp3) is 0.571. The van der Waals surface area contributed by atoms with E-state index in [1.807, 2.05) is 0 Å². The summed E-state index contributed by atoms with van der Waals surface area (Å²) >= 11 is 0. The van der Waals surface area contributed by atoms with Crippen molar-refractivity contribution in [1.29, 1.82) is 0 Å². The zero-order valence-corrected chi connectivity index (χ0v) is 7.07. The third-order valence-electron chi connectivity index (χ3n) is 1.23. The van der Waals surface area contributed by atoms with Crippen molar-refractivity contribution >= 4 is 5.91 Å². The van der Waals surface area contributed by atoms with E-state index in [1.165, 1.54) is 14.1 Å². The Balaban J connectivity index is 4.48. The van der Waals surface area contributed by atoms with Crippen molar-refractivity contribution in [3.63, 3.8) is 0 Å². The van der Waals surface area contributed by atoms with Gasteiger partial charge in [0.15, 0.2) is 0 Å². The molecule has 0 unspecified atom stereocenters. The number of hydrogen-bond acceptors (Lipinski definition) is 1. The predicted molar refractivity (Wildman–Crippen MR) is 38.5 cm³/mol. The van der Waals surface area contributed by atoms with Gasteiger partial charge in [-0.05, 0) is 6.92 Å². The van der Waals surface area contributed by atoms with Crippen molar-refractivity contribution in [1.82, 2.24) is 4.90 Å². The van der Waals surface area contributed by atoms with E-state index in [0.717, 1.165) is 11.8 Å². The van der Waals surface area contributed by atoms with Gasteiger partial charge in [-0.25, -0.2) is 0 Å². The zero-order valence-electron chi connectivity index (χ0n) is 7.07. The molecule has 0 heterocycles. The average molecular weight is 181 g/mol. The van der Waals surface area contributed by atoms with Crippen molar-refractivity contribution in [3.05, 3.63) is 11.6 Å². The second-order valence-electron chi connectivity index (χ2n) is 2.56. The highest BCUT2D eigenvalue weighted by Crippen LogP contribution is 2.24. The number of alkyl halides is 3. The molecular weight excluding hydrogens is 171 g/mol. The van der Waals surface area contributed by atoms with Gasteiger partial charge in [-0.3, -0.25) is 4.79 Å². The minimum atomic E-state index is -4.41. The Morgan fingerprint density at radius 2 is 1.75 bits per heavy atom. The minimum absolute atomic E-state index is 0.569. The lowest BCUT2D eigenvalue weighted by atomic mass is 10.2. The van der Waals surface area contributed by atoms with Crippen LogP contribution in [-0.4, -0.2) is 31.1 Å². The van der Waals surface area contributed by atoms with Gasteiger partial charge in [0.2, 0.25) is 5.91 Å². The number of carbonyl (C=O) groups is 1. The Hall–Kier alpha value is -1.00. The maximum absolute atomic E-state index is 11.8. The van der Waals surface area contributed by atoms with Gasteiger partial charge in [-0.2, -0.15) is 13.2 Å². The van der Waals surface area contributed by atoms with Crippen LogP contribution in [0.3, 0.4) is 0 Å². The number of carbonyl (C=O) groups excluding carboxylic acids is 1. The molecule has 0 radical (unpaired) electrons. The molecule has 0 aromatic rings. The number of amides is 1. The first kappa shape index (κ1) is 11.0. The quantitative estimate of drug-likeness (QED) is 0.562. The maximum atomic E-state index is 11.8. The molecule has 0 aliphatic heterocycles. The lowest BCUT2D eigenvalue weighted by Crippen LogP contribution is -2.21. The molecule has 12 heavy (non-hydrogen) atoms. The Morgan fingerprint density at radius 3 is 2.00 bits per heavy atom. The lowest BCUT2D eigenvalue weighted by molar-refractivity contribution is -0.124. The summed E-state index contributed by atoms with van der Waals surface area (Å²) in [6.45, 7) is 0.862. The van der Waals surface area contributed by atoms with E-state index in [2.05, 4.69) is 0 Å². The molecule has 0 aliphatic rings. The third-order valence-corrected chi connectivity index (χ3v) is 1.23. The van der Waals surface area contributed by atoms with Crippen LogP contribution in [0.15, 0.2) is 11.6 Å². The average Bonchev–Trinajstić information content (AvgIpc) is 1.85. The normalized spacial score (nSPS) is 13.0. The molecule has 0 saturated heterocycles. The van der Waals surface area contributed by atoms with Crippen molar-refractivity contribution in [2.24, 2.45) is 0 Å². The molecule has 0 bridgehead atoms. The highest BCUT2D eigenvalue weighted by atomic mass is 19.4. The second-order valence-corrected chi connectivity index (χ2v) is 2.56. The van der Waals surface area contributed by atoms with Gasteiger partial charge < -0.3 is 4.90 Å². The molecule has 70 valence electrons. The Kier molecular flexibility index (Phi) is 3.30. The summed E-state index contributed by atoms with van der Waals surface area (Å²) in [4.78, 5) is 11.8. The molecule has 0 spiro atoms. The maximum Gasteiger partial charge on any atom is 0.412 e. The molecule has 0 aliphatic carbocycles. The summed E-state index contributed by atoms with van der Waals surface area (Å²) in [6.07, 6.45) is -3.84. The van der Waals surface area contributed by atoms with Crippen LogP contribution in [0.5, 0.6) is 0 Å². The van der Waals surface area contributed by atoms with Crippen molar-refractivity contribution < 1.29 is 18.0 Å². The number of likely N-dealkylation sites (N-methyl/N-ethyl adjacent to an activating group) is 1. The zero-order chi connectivity index (χ0) is 9.94. The smallest absolute Gasteiger partial charge is 0.345 e. The molecule has 5 heteroatoms. The molecule has 1 amide bonds. The number of allylic oxidation sites excluding steroid dienone is 1. The van der Waals surface area contributed by atoms with Gasteiger partial charge in [-0.1, -0.05) is 0 Å². The Morgan fingerprint density at radius 1 is 1.33 bits per heavy atom. The third kappa shape index (κ3) is 3.41. The monoisotopic (exact) mass is 181 g/mol. The summed E-state index contributed by atoms with van der Waals surface area (Å²) < 4.78 is 35.5. The van der Waals surface area contributed by atoms with Gasteiger partial charge in [0.05, 0.1) is 0 Å². The number of nitrogens with zero attached hydrogens (tertiary/aromatic N) is 1. The molecule has 0 aromatic carbocycles. The number of halogens is 3.